The monoisotopic (exact) mass is 469 g/mol. The van der Waals surface area contributed by atoms with E-state index in [1.54, 1.807) is 11.0 Å². The van der Waals surface area contributed by atoms with Gasteiger partial charge in [-0.15, -0.1) is 0 Å². The number of rotatable bonds is 5. The number of fused-ring (bicyclic) bond motifs is 1. The van der Waals surface area contributed by atoms with Crippen LogP contribution in [0.25, 0.3) is 0 Å². The molecule has 33 heavy (non-hydrogen) atoms. The highest BCUT2D eigenvalue weighted by molar-refractivity contribution is 6.31. The third kappa shape index (κ3) is 5.21. The summed E-state index contributed by atoms with van der Waals surface area (Å²) < 4.78 is 13.4. The third-order valence-corrected chi connectivity index (χ3v) is 5.22. The number of benzene rings is 2. The van der Waals surface area contributed by atoms with Crippen LogP contribution in [0, 0.1) is 15.9 Å². The Hall–Kier alpha value is -4.12. The summed E-state index contributed by atoms with van der Waals surface area (Å²) in [6.45, 7) is 0.648. The molecule has 1 aliphatic rings. The van der Waals surface area contributed by atoms with Crippen molar-refractivity contribution < 1.29 is 14.1 Å². The molecule has 0 bridgehead atoms. The Labute approximate surface area is 192 Å². The number of carbonyl (C=O) groups is 1. The Kier molecular flexibility index (Phi) is 6.41. The number of aromatic nitrogens is 2. The fraction of sp³-hybridized carbons (Fsp3) is 0.143. The van der Waals surface area contributed by atoms with E-state index < -0.39 is 16.8 Å². The second kappa shape index (κ2) is 9.57. The zero-order chi connectivity index (χ0) is 23.4. The van der Waals surface area contributed by atoms with Crippen molar-refractivity contribution in [2.75, 3.05) is 11.9 Å². The summed E-state index contributed by atoms with van der Waals surface area (Å²) in [5.74, 6) is -0.0410. The van der Waals surface area contributed by atoms with E-state index in [9.17, 15) is 19.3 Å². The molecule has 0 radical (unpaired) electrons. The fourth-order valence-electron chi connectivity index (χ4n) is 3.28. The quantitative estimate of drug-likeness (QED) is 0.330. The van der Waals surface area contributed by atoms with Crippen molar-refractivity contribution in [1.29, 1.82) is 0 Å². The van der Waals surface area contributed by atoms with Gasteiger partial charge in [-0.1, -0.05) is 23.7 Å². The Morgan fingerprint density at radius 2 is 2.12 bits per heavy atom. The number of carbonyl (C=O) groups excluding carboxylic acids is 1. The van der Waals surface area contributed by atoms with Crippen LogP contribution in [0.1, 0.15) is 16.8 Å². The number of non-ortho nitro benzene ring substituents is 1. The van der Waals surface area contributed by atoms with Crippen molar-refractivity contribution in [2.45, 2.75) is 13.0 Å². The van der Waals surface area contributed by atoms with Crippen LogP contribution in [0.5, 0.6) is 0 Å². The minimum absolute atomic E-state index is 0.0227. The molecule has 12 heteroatoms. The minimum atomic E-state index is -0.527. The van der Waals surface area contributed by atoms with Crippen molar-refractivity contribution in [3.05, 3.63) is 86.6 Å². The molecule has 0 atom stereocenters. The van der Waals surface area contributed by atoms with E-state index in [1.807, 2.05) is 0 Å². The molecule has 0 saturated heterocycles. The largest absolute Gasteiger partial charge is 0.340 e. The normalized spacial score (nSPS) is 13.0. The molecule has 2 amide bonds. The SMILES string of the molecule is O=C(N/N=C/c1cccc([N+](=O)[O-])c1)N1CCc2ncnc(Nc3ccc(F)c(Cl)c3)c2C1. The highest BCUT2D eigenvalue weighted by Gasteiger charge is 2.24. The lowest BCUT2D eigenvalue weighted by molar-refractivity contribution is -0.384. The zero-order valence-corrected chi connectivity index (χ0v) is 17.8. The number of nitro groups is 1. The van der Waals surface area contributed by atoms with Gasteiger partial charge in [0.15, 0.2) is 0 Å². The maximum absolute atomic E-state index is 13.4. The third-order valence-electron chi connectivity index (χ3n) is 4.93. The summed E-state index contributed by atoms with van der Waals surface area (Å²) in [5, 5.41) is 17.8. The molecule has 0 aliphatic carbocycles. The topological polar surface area (TPSA) is 126 Å². The molecule has 0 unspecified atom stereocenters. The minimum Gasteiger partial charge on any atom is -0.340 e. The van der Waals surface area contributed by atoms with Gasteiger partial charge in [0, 0.05) is 41.9 Å². The summed E-state index contributed by atoms with van der Waals surface area (Å²) in [5.41, 5.74) is 4.91. The van der Waals surface area contributed by atoms with Crippen LogP contribution in [0.3, 0.4) is 0 Å². The first kappa shape index (κ1) is 22.1. The molecule has 4 rings (SSSR count). The van der Waals surface area contributed by atoms with E-state index in [2.05, 4.69) is 25.8 Å². The van der Waals surface area contributed by atoms with E-state index >= 15 is 0 Å². The summed E-state index contributed by atoms with van der Waals surface area (Å²) in [6.07, 6.45) is 3.27. The number of anilines is 2. The van der Waals surface area contributed by atoms with Crippen LogP contribution < -0.4 is 10.7 Å². The van der Waals surface area contributed by atoms with E-state index in [0.717, 1.165) is 11.3 Å². The van der Waals surface area contributed by atoms with Crippen LogP contribution in [0.15, 0.2) is 53.9 Å². The summed E-state index contributed by atoms with van der Waals surface area (Å²) in [6, 6.07) is 9.67. The van der Waals surface area contributed by atoms with Gasteiger partial charge in [-0.2, -0.15) is 5.10 Å². The molecule has 2 heterocycles. The first-order valence-electron chi connectivity index (χ1n) is 9.78. The van der Waals surface area contributed by atoms with Crippen LogP contribution in [-0.2, 0) is 13.0 Å². The van der Waals surface area contributed by atoms with Gasteiger partial charge >= 0.3 is 6.03 Å². The first-order valence-corrected chi connectivity index (χ1v) is 10.2. The molecule has 0 spiro atoms. The second-order valence-electron chi connectivity index (χ2n) is 7.10. The van der Waals surface area contributed by atoms with Crippen molar-refractivity contribution in [1.82, 2.24) is 20.3 Å². The molecule has 168 valence electrons. The lowest BCUT2D eigenvalue weighted by atomic mass is 10.1. The van der Waals surface area contributed by atoms with Gasteiger partial charge in [0.2, 0.25) is 0 Å². The Morgan fingerprint density at radius 3 is 2.91 bits per heavy atom. The molecule has 2 N–H and O–H groups in total. The van der Waals surface area contributed by atoms with Crippen molar-refractivity contribution >= 4 is 41.0 Å². The average molecular weight is 470 g/mol. The van der Waals surface area contributed by atoms with Crippen LogP contribution in [0.2, 0.25) is 5.02 Å². The standard InChI is InChI=1S/C21H17ClFN7O3/c22-17-9-14(4-5-18(17)23)27-20-16-11-29(7-6-19(16)24-12-25-20)21(31)28-26-10-13-2-1-3-15(8-13)30(32)33/h1-5,8-10,12H,6-7,11H2,(H,28,31)(H,24,25,27)/b26-10+. The maximum atomic E-state index is 13.4. The number of hydrogen-bond donors (Lipinski definition) is 2. The highest BCUT2D eigenvalue weighted by Crippen LogP contribution is 2.27. The lowest BCUT2D eigenvalue weighted by Crippen LogP contribution is -2.41. The average Bonchev–Trinajstić information content (AvgIpc) is 2.81. The number of nitrogens with zero attached hydrogens (tertiary/aromatic N) is 5. The summed E-state index contributed by atoms with van der Waals surface area (Å²) >= 11 is 5.85. The van der Waals surface area contributed by atoms with Gasteiger partial charge in [-0.25, -0.2) is 24.6 Å². The number of nitro benzene ring substituents is 1. The maximum Gasteiger partial charge on any atom is 0.338 e. The van der Waals surface area contributed by atoms with Gasteiger partial charge in [0.1, 0.15) is 18.0 Å². The Bertz CT molecular complexity index is 1250. The molecule has 0 fully saturated rings. The van der Waals surface area contributed by atoms with Crippen molar-refractivity contribution in [2.24, 2.45) is 5.10 Å². The molecule has 3 aromatic rings. The van der Waals surface area contributed by atoms with Crippen LogP contribution >= 0.6 is 11.6 Å². The number of amides is 2. The molecule has 10 nitrogen and oxygen atoms in total. The fourth-order valence-corrected chi connectivity index (χ4v) is 3.46. The molecular weight excluding hydrogens is 453 g/mol. The van der Waals surface area contributed by atoms with Crippen LogP contribution in [0.4, 0.5) is 26.4 Å². The molecule has 2 aromatic carbocycles. The first-order chi connectivity index (χ1) is 15.9. The van der Waals surface area contributed by atoms with E-state index in [1.165, 1.54) is 48.9 Å². The predicted molar refractivity (Wildman–Crippen MR) is 120 cm³/mol. The highest BCUT2D eigenvalue weighted by atomic mass is 35.5. The van der Waals surface area contributed by atoms with Gasteiger partial charge < -0.3 is 10.2 Å². The lowest BCUT2D eigenvalue weighted by Gasteiger charge is -2.28. The summed E-state index contributed by atoms with van der Waals surface area (Å²) in [7, 11) is 0. The number of hydrogen-bond acceptors (Lipinski definition) is 7. The number of nitrogens with one attached hydrogen (secondary N) is 2. The number of hydrazone groups is 1. The summed E-state index contributed by atoms with van der Waals surface area (Å²) in [4.78, 5) is 33.0. The Morgan fingerprint density at radius 1 is 1.27 bits per heavy atom. The molecule has 0 saturated carbocycles. The second-order valence-corrected chi connectivity index (χ2v) is 7.51. The van der Waals surface area contributed by atoms with E-state index in [0.29, 0.717) is 30.0 Å². The van der Waals surface area contributed by atoms with E-state index in [-0.39, 0.29) is 17.3 Å². The van der Waals surface area contributed by atoms with Crippen molar-refractivity contribution in [3.8, 4) is 0 Å². The Balaban J connectivity index is 1.44. The number of halogens is 2. The smallest absolute Gasteiger partial charge is 0.338 e. The van der Waals surface area contributed by atoms with E-state index in [4.69, 9.17) is 11.6 Å². The van der Waals surface area contributed by atoms with Crippen LogP contribution in [-0.4, -0.2) is 38.6 Å². The van der Waals surface area contributed by atoms with Gasteiger partial charge in [-0.05, 0) is 18.2 Å². The van der Waals surface area contributed by atoms with Gasteiger partial charge in [-0.3, -0.25) is 10.1 Å². The van der Waals surface area contributed by atoms with Crippen molar-refractivity contribution in [3.63, 3.8) is 0 Å². The molecule has 1 aliphatic heterocycles. The molecular formula is C21H17ClFN7O3. The van der Waals surface area contributed by atoms with Gasteiger partial charge in [0.05, 0.1) is 28.4 Å². The molecule has 1 aromatic heterocycles. The predicted octanol–water partition coefficient (Wildman–Crippen LogP) is 4.02. The zero-order valence-electron chi connectivity index (χ0n) is 17.0. The number of urea groups is 1. The van der Waals surface area contributed by atoms with Gasteiger partial charge in [0.25, 0.3) is 5.69 Å².